The molecular formula is C22H20BrNO5. The molecule has 0 saturated heterocycles. The molecule has 2 aromatic rings. The van der Waals surface area contributed by atoms with Gasteiger partial charge in [-0.15, -0.1) is 0 Å². The maximum atomic E-state index is 13.3. The number of esters is 1. The second-order valence-electron chi connectivity index (χ2n) is 6.26. The van der Waals surface area contributed by atoms with Crippen molar-refractivity contribution in [3.05, 3.63) is 69.3 Å². The zero-order valence-corrected chi connectivity index (χ0v) is 17.8. The van der Waals surface area contributed by atoms with E-state index in [0.29, 0.717) is 29.3 Å². The highest BCUT2D eigenvalue weighted by molar-refractivity contribution is 9.10. The van der Waals surface area contributed by atoms with Crippen LogP contribution in [-0.2, 0) is 14.3 Å². The monoisotopic (exact) mass is 457 g/mol. The van der Waals surface area contributed by atoms with Crippen molar-refractivity contribution >= 4 is 39.6 Å². The SMILES string of the molecule is CCOc1cccc(/C=C2\C(=O)N(c3cccc(Br)c3)C(C)=C2C(=O)OC)c1O. The maximum absolute atomic E-state index is 13.3. The van der Waals surface area contributed by atoms with E-state index in [1.165, 1.54) is 18.1 Å². The summed E-state index contributed by atoms with van der Waals surface area (Å²) in [5, 5.41) is 10.5. The maximum Gasteiger partial charge on any atom is 0.340 e. The Labute approximate surface area is 177 Å². The number of aromatic hydroxyl groups is 1. The van der Waals surface area contributed by atoms with Gasteiger partial charge in [0.1, 0.15) is 0 Å². The number of amides is 1. The van der Waals surface area contributed by atoms with Crippen LogP contribution in [-0.4, -0.2) is 30.7 Å². The number of halogens is 1. The minimum atomic E-state index is -0.625. The number of methoxy groups -OCH3 is 1. The topological polar surface area (TPSA) is 76.1 Å². The molecule has 0 fully saturated rings. The molecular weight excluding hydrogens is 438 g/mol. The first-order valence-electron chi connectivity index (χ1n) is 8.95. The molecule has 1 N–H and O–H groups in total. The van der Waals surface area contributed by atoms with Gasteiger partial charge in [-0.25, -0.2) is 4.79 Å². The zero-order valence-electron chi connectivity index (χ0n) is 16.2. The van der Waals surface area contributed by atoms with Crippen molar-refractivity contribution in [2.75, 3.05) is 18.6 Å². The summed E-state index contributed by atoms with van der Waals surface area (Å²) in [6, 6.07) is 12.2. The number of para-hydroxylation sites is 1. The van der Waals surface area contributed by atoms with Gasteiger partial charge in [-0.05, 0) is 44.2 Å². The molecule has 1 amide bonds. The van der Waals surface area contributed by atoms with Gasteiger partial charge in [-0.3, -0.25) is 9.69 Å². The fraction of sp³-hybridized carbons (Fsp3) is 0.182. The molecule has 7 heteroatoms. The second-order valence-corrected chi connectivity index (χ2v) is 7.17. The number of hydrogen-bond donors (Lipinski definition) is 1. The number of ether oxygens (including phenoxy) is 2. The minimum absolute atomic E-state index is 0.0996. The first-order chi connectivity index (χ1) is 13.9. The number of carbonyl (C=O) groups is 2. The van der Waals surface area contributed by atoms with E-state index in [9.17, 15) is 14.7 Å². The molecule has 150 valence electrons. The van der Waals surface area contributed by atoms with E-state index in [-0.39, 0.29) is 22.8 Å². The lowest BCUT2D eigenvalue weighted by Crippen LogP contribution is -2.24. The van der Waals surface area contributed by atoms with Crippen molar-refractivity contribution in [3.63, 3.8) is 0 Å². The Hall–Kier alpha value is -3.06. The molecule has 0 atom stereocenters. The van der Waals surface area contributed by atoms with E-state index in [1.54, 1.807) is 43.3 Å². The molecule has 3 rings (SSSR count). The van der Waals surface area contributed by atoms with Gasteiger partial charge in [0, 0.05) is 15.7 Å². The van der Waals surface area contributed by atoms with Gasteiger partial charge in [-0.1, -0.05) is 34.1 Å². The Morgan fingerprint density at radius 2 is 1.97 bits per heavy atom. The Kier molecular flexibility index (Phi) is 6.08. The lowest BCUT2D eigenvalue weighted by molar-refractivity contribution is -0.136. The van der Waals surface area contributed by atoms with Crippen LogP contribution in [0.15, 0.2) is 63.8 Å². The fourth-order valence-electron chi connectivity index (χ4n) is 3.19. The van der Waals surface area contributed by atoms with Crippen molar-refractivity contribution in [1.29, 1.82) is 0 Å². The van der Waals surface area contributed by atoms with Crippen LogP contribution in [0.25, 0.3) is 6.08 Å². The number of hydrogen-bond acceptors (Lipinski definition) is 5. The number of phenolic OH excluding ortho intramolecular Hbond substituents is 1. The quantitative estimate of drug-likeness (QED) is 0.530. The van der Waals surface area contributed by atoms with Crippen LogP contribution in [0.5, 0.6) is 11.5 Å². The molecule has 0 bridgehead atoms. The standard InChI is InChI=1S/C22H20BrNO5/c1-4-29-18-10-5-7-14(20(18)25)11-17-19(22(27)28-3)13(2)24(21(17)26)16-9-6-8-15(23)12-16/h5-12,25H,4H2,1-3H3/b17-11-. The average molecular weight is 458 g/mol. The molecule has 1 aliphatic heterocycles. The van der Waals surface area contributed by atoms with Gasteiger partial charge in [-0.2, -0.15) is 0 Å². The van der Waals surface area contributed by atoms with Crippen LogP contribution in [0, 0.1) is 0 Å². The number of benzene rings is 2. The highest BCUT2D eigenvalue weighted by Crippen LogP contribution is 2.38. The van der Waals surface area contributed by atoms with E-state index in [0.717, 1.165) is 4.47 Å². The van der Waals surface area contributed by atoms with Gasteiger partial charge >= 0.3 is 5.97 Å². The minimum Gasteiger partial charge on any atom is -0.504 e. The van der Waals surface area contributed by atoms with Gasteiger partial charge in [0.15, 0.2) is 11.5 Å². The van der Waals surface area contributed by atoms with Crippen LogP contribution in [0.3, 0.4) is 0 Å². The van der Waals surface area contributed by atoms with Crippen molar-refractivity contribution in [2.45, 2.75) is 13.8 Å². The highest BCUT2D eigenvalue weighted by atomic mass is 79.9. The molecule has 0 aliphatic carbocycles. The number of nitrogens with zero attached hydrogens (tertiary/aromatic N) is 1. The largest absolute Gasteiger partial charge is 0.504 e. The smallest absolute Gasteiger partial charge is 0.340 e. The third-order valence-electron chi connectivity index (χ3n) is 4.49. The van der Waals surface area contributed by atoms with E-state index >= 15 is 0 Å². The molecule has 0 saturated carbocycles. The summed E-state index contributed by atoms with van der Waals surface area (Å²) in [5.74, 6) is -0.809. The summed E-state index contributed by atoms with van der Waals surface area (Å²) in [6.07, 6.45) is 1.48. The lowest BCUT2D eigenvalue weighted by atomic mass is 10.0. The van der Waals surface area contributed by atoms with Crippen molar-refractivity contribution in [1.82, 2.24) is 0 Å². The summed E-state index contributed by atoms with van der Waals surface area (Å²) in [4.78, 5) is 27.2. The van der Waals surface area contributed by atoms with E-state index in [1.807, 2.05) is 13.0 Å². The highest BCUT2D eigenvalue weighted by Gasteiger charge is 2.38. The number of rotatable bonds is 5. The summed E-state index contributed by atoms with van der Waals surface area (Å²) < 4.78 is 11.1. The third kappa shape index (κ3) is 3.91. The van der Waals surface area contributed by atoms with Gasteiger partial charge in [0.05, 0.1) is 30.6 Å². The predicted octanol–water partition coefficient (Wildman–Crippen LogP) is 4.43. The van der Waals surface area contributed by atoms with Gasteiger partial charge in [0.2, 0.25) is 0 Å². The lowest BCUT2D eigenvalue weighted by Gasteiger charge is -2.18. The normalized spacial score (nSPS) is 15.2. The van der Waals surface area contributed by atoms with E-state index < -0.39 is 5.97 Å². The number of carbonyl (C=O) groups excluding carboxylic acids is 2. The van der Waals surface area contributed by atoms with E-state index in [2.05, 4.69) is 15.9 Å². The predicted molar refractivity (Wildman–Crippen MR) is 114 cm³/mol. The van der Waals surface area contributed by atoms with Gasteiger partial charge in [0.25, 0.3) is 5.91 Å². The molecule has 29 heavy (non-hydrogen) atoms. The van der Waals surface area contributed by atoms with Crippen LogP contribution in [0.1, 0.15) is 19.4 Å². The zero-order chi connectivity index (χ0) is 21.1. The number of phenols is 1. The average Bonchev–Trinajstić information content (AvgIpc) is 2.94. The number of allylic oxidation sites excluding steroid dienone is 1. The first kappa shape index (κ1) is 20.7. The first-order valence-corrected chi connectivity index (χ1v) is 9.74. The Bertz CT molecular complexity index is 1040. The summed E-state index contributed by atoms with van der Waals surface area (Å²) in [5.41, 5.74) is 1.71. The molecule has 6 nitrogen and oxygen atoms in total. The van der Waals surface area contributed by atoms with Crippen molar-refractivity contribution < 1.29 is 24.2 Å². The van der Waals surface area contributed by atoms with Crippen LogP contribution < -0.4 is 9.64 Å². The summed E-state index contributed by atoms with van der Waals surface area (Å²) >= 11 is 3.40. The molecule has 0 radical (unpaired) electrons. The summed E-state index contributed by atoms with van der Waals surface area (Å²) in [6.45, 7) is 3.88. The molecule has 1 aliphatic rings. The van der Waals surface area contributed by atoms with Crippen LogP contribution in [0.4, 0.5) is 5.69 Å². The molecule has 0 spiro atoms. The Morgan fingerprint density at radius 3 is 2.62 bits per heavy atom. The van der Waals surface area contributed by atoms with Crippen LogP contribution in [0.2, 0.25) is 0 Å². The Morgan fingerprint density at radius 1 is 1.24 bits per heavy atom. The van der Waals surface area contributed by atoms with Gasteiger partial charge < -0.3 is 14.6 Å². The molecule has 1 heterocycles. The molecule has 2 aromatic carbocycles. The van der Waals surface area contributed by atoms with Crippen molar-refractivity contribution in [2.24, 2.45) is 0 Å². The second kappa shape index (κ2) is 8.53. The molecule has 0 aromatic heterocycles. The summed E-state index contributed by atoms with van der Waals surface area (Å²) in [7, 11) is 1.26. The van der Waals surface area contributed by atoms with Crippen LogP contribution >= 0.6 is 15.9 Å². The third-order valence-corrected chi connectivity index (χ3v) is 4.98. The fourth-order valence-corrected chi connectivity index (χ4v) is 3.58. The number of anilines is 1. The molecule has 0 unspecified atom stereocenters. The van der Waals surface area contributed by atoms with Crippen molar-refractivity contribution in [3.8, 4) is 11.5 Å². The Balaban J connectivity index is 2.16. The van der Waals surface area contributed by atoms with E-state index in [4.69, 9.17) is 9.47 Å².